The van der Waals surface area contributed by atoms with Crippen molar-refractivity contribution < 1.29 is 23.9 Å². The number of methoxy groups -OCH3 is 1. The zero-order valence-corrected chi connectivity index (χ0v) is 27.0. The van der Waals surface area contributed by atoms with Gasteiger partial charge in [-0.3, -0.25) is 14.4 Å². The first-order valence-corrected chi connectivity index (χ1v) is 15.0. The fraction of sp³-hybridized carbons (Fsp3) is 0.406. The van der Waals surface area contributed by atoms with Gasteiger partial charge in [-0.25, -0.2) is 0 Å². The largest absolute Gasteiger partial charge is 0.496 e. The summed E-state index contributed by atoms with van der Waals surface area (Å²) in [6, 6.07) is 17.2. The Morgan fingerprint density at radius 3 is 2.42 bits per heavy atom. The monoisotopic (exact) mass is 672 g/mol. The van der Waals surface area contributed by atoms with Crippen LogP contribution in [0.25, 0.3) is 10.8 Å². The molecule has 2 aliphatic heterocycles. The van der Waals surface area contributed by atoms with Crippen LogP contribution < -0.4 is 25.6 Å². The first kappa shape index (κ1) is 32.7. The molecule has 1 fully saturated rings. The number of nitrogens with zero attached hydrogens (tertiary/aromatic N) is 2. The number of benzene rings is 3. The van der Waals surface area contributed by atoms with Crippen LogP contribution >= 0.6 is 28.3 Å². The molecule has 1 saturated heterocycles. The molecule has 3 aromatic carbocycles. The van der Waals surface area contributed by atoms with E-state index in [4.69, 9.17) is 15.2 Å². The molecule has 11 heteroatoms. The summed E-state index contributed by atoms with van der Waals surface area (Å²) in [6.45, 7) is 3.05. The lowest BCUT2D eigenvalue weighted by Crippen LogP contribution is -2.63. The first-order chi connectivity index (χ1) is 20.2. The Balaban J connectivity index is 0.00000423. The minimum absolute atomic E-state index is 0. The molecule has 0 saturated carbocycles. The molecule has 0 aliphatic carbocycles. The van der Waals surface area contributed by atoms with Crippen LogP contribution in [0, 0.1) is 11.8 Å². The number of carbonyl (C=O) groups excluding carboxylic acids is 3. The molecule has 2 heterocycles. The van der Waals surface area contributed by atoms with Gasteiger partial charge in [-0.05, 0) is 73.8 Å². The van der Waals surface area contributed by atoms with Crippen LogP contribution in [0.4, 0.5) is 11.4 Å². The fourth-order valence-electron chi connectivity index (χ4n) is 6.07. The van der Waals surface area contributed by atoms with Crippen LogP contribution in [-0.4, -0.2) is 57.2 Å². The second-order valence-electron chi connectivity index (χ2n) is 11.1. The number of primary amides is 1. The number of nitrogens with two attached hydrogens (primary N) is 1. The fourth-order valence-corrected chi connectivity index (χ4v) is 6.56. The molecule has 2 atom stereocenters. The average molecular weight is 674 g/mol. The Kier molecular flexibility index (Phi) is 10.4. The summed E-state index contributed by atoms with van der Waals surface area (Å²) < 4.78 is 12.2. The van der Waals surface area contributed by atoms with Crippen molar-refractivity contribution in [3.8, 4) is 5.75 Å². The number of hydrogen-bond donors (Lipinski definition) is 2. The predicted octanol–water partition coefficient (Wildman–Crippen LogP) is 4.81. The second-order valence-corrected chi connectivity index (χ2v) is 12.0. The molecule has 5 rings (SSSR count). The quantitative estimate of drug-likeness (QED) is 0.355. The van der Waals surface area contributed by atoms with Crippen molar-refractivity contribution in [3.63, 3.8) is 0 Å². The third-order valence-electron chi connectivity index (χ3n) is 8.84. The number of para-hydroxylation sites is 2. The molecule has 1 unspecified atom stereocenters. The summed E-state index contributed by atoms with van der Waals surface area (Å²) in [7, 11) is 3.21. The zero-order valence-electron chi connectivity index (χ0n) is 24.6. The van der Waals surface area contributed by atoms with Gasteiger partial charge in [0.2, 0.25) is 17.7 Å². The zero-order chi connectivity index (χ0) is 30.0. The van der Waals surface area contributed by atoms with E-state index in [2.05, 4.69) is 21.2 Å². The van der Waals surface area contributed by atoms with E-state index in [1.807, 2.05) is 54.6 Å². The van der Waals surface area contributed by atoms with Crippen LogP contribution in [-0.2, 0) is 25.7 Å². The van der Waals surface area contributed by atoms with E-state index in [-0.39, 0.29) is 43.2 Å². The SMILES string of the molecule is CNC(C)(C(N)=O)[C@@H]1CN(C(=O)CC2CCOCC2)c2ccccc2N(Cc2c(OC)ccc3c(Br)cccc23)C1=O.Cl. The lowest BCUT2D eigenvalue weighted by atomic mass is 9.83. The van der Waals surface area contributed by atoms with Gasteiger partial charge in [-0.15, -0.1) is 12.4 Å². The van der Waals surface area contributed by atoms with Crippen LogP contribution in [0.15, 0.2) is 59.1 Å². The van der Waals surface area contributed by atoms with Gasteiger partial charge in [0.15, 0.2) is 0 Å². The highest BCUT2D eigenvalue weighted by Gasteiger charge is 2.48. The Labute approximate surface area is 266 Å². The first-order valence-electron chi connectivity index (χ1n) is 14.2. The van der Waals surface area contributed by atoms with Crippen LogP contribution in [0.3, 0.4) is 0 Å². The molecule has 0 spiro atoms. The number of anilines is 2. The van der Waals surface area contributed by atoms with Gasteiger partial charge in [-0.2, -0.15) is 0 Å². The van der Waals surface area contributed by atoms with Crippen molar-refractivity contribution in [3.05, 3.63) is 64.6 Å². The van der Waals surface area contributed by atoms with Gasteiger partial charge in [-0.1, -0.05) is 40.2 Å². The molecule has 43 heavy (non-hydrogen) atoms. The highest BCUT2D eigenvalue weighted by Crippen LogP contribution is 2.41. The van der Waals surface area contributed by atoms with Gasteiger partial charge in [0.25, 0.3) is 0 Å². The molecule has 3 aromatic rings. The Hall–Kier alpha value is -3.18. The maximum Gasteiger partial charge on any atom is 0.238 e. The second kappa shape index (κ2) is 13.6. The van der Waals surface area contributed by atoms with Crippen molar-refractivity contribution in [2.75, 3.05) is 43.7 Å². The van der Waals surface area contributed by atoms with Crippen molar-refractivity contribution in [2.24, 2.45) is 17.6 Å². The topological polar surface area (TPSA) is 114 Å². The van der Waals surface area contributed by atoms with Crippen molar-refractivity contribution in [2.45, 2.75) is 38.3 Å². The molecular weight excluding hydrogens is 636 g/mol. The Morgan fingerprint density at radius 2 is 1.77 bits per heavy atom. The molecule has 3 amide bonds. The van der Waals surface area contributed by atoms with E-state index in [1.165, 1.54) is 0 Å². The molecule has 3 N–H and O–H groups in total. The van der Waals surface area contributed by atoms with Gasteiger partial charge >= 0.3 is 0 Å². The number of nitrogens with one attached hydrogen (secondary N) is 1. The van der Waals surface area contributed by atoms with E-state index in [0.717, 1.165) is 33.7 Å². The van der Waals surface area contributed by atoms with E-state index >= 15 is 0 Å². The molecule has 9 nitrogen and oxygen atoms in total. The number of ether oxygens (including phenoxy) is 2. The number of carbonyl (C=O) groups is 3. The van der Waals surface area contributed by atoms with E-state index in [0.29, 0.717) is 36.8 Å². The van der Waals surface area contributed by atoms with Gasteiger partial charge in [0.1, 0.15) is 11.3 Å². The summed E-state index contributed by atoms with van der Waals surface area (Å²) in [5.74, 6) is -1.21. The lowest BCUT2D eigenvalue weighted by Gasteiger charge is -2.36. The summed E-state index contributed by atoms with van der Waals surface area (Å²) in [4.78, 5) is 44.9. The average Bonchev–Trinajstić information content (AvgIpc) is 3.12. The van der Waals surface area contributed by atoms with E-state index in [9.17, 15) is 14.4 Å². The van der Waals surface area contributed by atoms with E-state index in [1.54, 1.807) is 30.9 Å². The summed E-state index contributed by atoms with van der Waals surface area (Å²) in [5, 5.41) is 4.91. The number of fused-ring (bicyclic) bond motifs is 2. The highest BCUT2D eigenvalue weighted by molar-refractivity contribution is 9.10. The van der Waals surface area contributed by atoms with Crippen molar-refractivity contribution >= 4 is 68.2 Å². The van der Waals surface area contributed by atoms with Crippen LogP contribution in [0.5, 0.6) is 5.75 Å². The molecule has 0 radical (unpaired) electrons. The number of likely N-dealkylation sites (N-methyl/N-ethyl adjacent to an activating group) is 1. The highest BCUT2D eigenvalue weighted by atomic mass is 79.9. The summed E-state index contributed by atoms with van der Waals surface area (Å²) in [6.07, 6.45) is 1.94. The standard InChI is InChI=1S/C32H37BrN4O5.ClH/c1-32(35-2,31(34)40)24-19-36(29(38)17-20-13-15-42-16-14-20)26-9-4-5-10-27(26)37(30(24)39)18-23-21-7-6-8-25(33)22(21)11-12-28(23)41-3;/h4-12,20,24,35H,13-19H2,1-3H3,(H2,34,40);1H/t24-,32?;/m1./s1. The smallest absolute Gasteiger partial charge is 0.238 e. The molecule has 2 aliphatic rings. The lowest BCUT2D eigenvalue weighted by molar-refractivity contribution is -0.133. The van der Waals surface area contributed by atoms with Crippen LogP contribution in [0.1, 0.15) is 31.7 Å². The molecule has 230 valence electrons. The maximum absolute atomic E-state index is 14.7. The summed E-state index contributed by atoms with van der Waals surface area (Å²) >= 11 is 3.65. The Bertz CT molecular complexity index is 1510. The van der Waals surface area contributed by atoms with Crippen molar-refractivity contribution in [1.82, 2.24) is 5.32 Å². The predicted molar refractivity (Wildman–Crippen MR) is 174 cm³/mol. The third-order valence-corrected chi connectivity index (χ3v) is 9.53. The van der Waals surface area contributed by atoms with Gasteiger partial charge in [0, 0.05) is 36.2 Å². The van der Waals surface area contributed by atoms with Crippen molar-refractivity contribution in [1.29, 1.82) is 0 Å². The normalized spacial score (nSPS) is 18.8. The van der Waals surface area contributed by atoms with Gasteiger partial charge in [0.05, 0.1) is 30.9 Å². The minimum atomic E-state index is -1.42. The molecule has 0 bridgehead atoms. The maximum atomic E-state index is 14.7. The molecule has 0 aromatic heterocycles. The third kappa shape index (κ3) is 6.24. The number of amides is 3. The van der Waals surface area contributed by atoms with Gasteiger partial charge < -0.3 is 30.3 Å². The van der Waals surface area contributed by atoms with Crippen LogP contribution in [0.2, 0.25) is 0 Å². The number of rotatable bonds is 8. The Morgan fingerprint density at radius 1 is 1.07 bits per heavy atom. The number of halogens is 2. The number of hydrogen-bond acceptors (Lipinski definition) is 6. The van der Waals surface area contributed by atoms with E-state index < -0.39 is 17.4 Å². The summed E-state index contributed by atoms with van der Waals surface area (Å²) in [5.41, 5.74) is 6.52. The molecular formula is C32H38BrClN4O5. The minimum Gasteiger partial charge on any atom is -0.496 e.